The largest absolute Gasteiger partial charge is 0.353 e. The fraction of sp³-hybridized carbons (Fsp3) is 0.848. The molecular weight excluding hydrogens is 444 g/mol. The Bertz CT molecular complexity index is 879. The van der Waals surface area contributed by atoms with Crippen molar-refractivity contribution in [2.45, 2.75) is 125 Å². The molecule has 3 unspecified atom stereocenters. The Hall–Kier alpha value is -0.930. The summed E-state index contributed by atoms with van der Waals surface area (Å²) in [6.45, 7) is 14.9. The molecule has 0 N–H and O–H groups in total. The highest BCUT2D eigenvalue weighted by molar-refractivity contribution is 5.81. The Balaban J connectivity index is 1.29. The van der Waals surface area contributed by atoms with E-state index in [1.807, 2.05) is 0 Å². The highest BCUT2D eigenvalue weighted by atomic mass is 16.7. The fourth-order valence-electron chi connectivity index (χ4n) is 9.11. The number of hydrogen-bond donors (Lipinski definition) is 0. The van der Waals surface area contributed by atoms with Gasteiger partial charge in [0.25, 0.3) is 0 Å². The van der Waals surface area contributed by atoms with Crippen molar-refractivity contribution < 1.29 is 14.3 Å². The minimum Gasteiger partial charge on any atom is -0.353 e. The summed E-state index contributed by atoms with van der Waals surface area (Å²) in [5.41, 5.74) is 4.03. The molecule has 3 heteroatoms. The summed E-state index contributed by atoms with van der Waals surface area (Å²) in [5, 5.41) is 0. The van der Waals surface area contributed by atoms with Gasteiger partial charge in [-0.05, 0) is 105 Å². The van der Waals surface area contributed by atoms with Crippen LogP contribution in [0.15, 0.2) is 23.3 Å². The number of Topliss-reactive ketones (excluding diaryl/α,β-unsaturated/α-hetero) is 1. The van der Waals surface area contributed by atoms with Crippen LogP contribution in [0.25, 0.3) is 0 Å². The van der Waals surface area contributed by atoms with E-state index in [2.05, 4.69) is 53.7 Å². The second-order valence-corrected chi connectivity index (χ2v) is 14.1. The van der Waals surface area contributed by atoms with Crippen molar-refractivity contribution in [2.24, 2.45) is 46.3 Å². The molecule has 0 aromatic rings. The van der Waals surface area contributed by atoms with Gasteiger partial charge in [-0.25, -0.2) is 0 Å². The van der Waals surface area contributed by atoms with Crippen molar-refractivity contribution in [1.82, 2.24) is 0 Å². The van der Waals surface area contributed by atoms with Crippen LogP contribution in [0.1, 0.15) is 112 Å². The third kappa shape index (κ3) is 4.70. The van der Waals surface area contributed by atoms with Crippen LogP contribution in [0, 0.1) is 46.3 Å². The van der Waals surface area contributed by atoms with Gasteiger partial charge in [-0.2, -0.15) is 0 Å². The Kier molecular flexibility index (Phi) is 7.65. The van der Waals surface area contributed by atoms with Crippen molar-refractivity contribution in [3.05, 3.63) is 23.3 Å². The van der Waals surface area contributed by atoms with Crippen molar-refractivity contribution in [3.63, 3.8) is 0 Å². The Labute approximate surface area is 220 Å². The summed E-state index contributed by atoms with van der Waals surface area (Å²) in [4.78, 5) is 13.0. The van der Waals surface area contributed by atoms with Crippen LogP contribution >= 0.6 is 0 Å². The van der Waals surface area contributed by atoms with Crippen LogP contribution in [-0.2, 0) is 14.3 Å². The van der Waals surface area contributed by atoms with Crippen LogP contribution in [0.5, 0.6) is 0 Å². The van der Waals surface area contributed by atoms with Crippen LogP contribution < -0.4 is 0 Å². The fourth-order valence-corrected chi connectivity index (χ4v) is 9.11. The Morgan fingerprint density at radius 2 is 1.81 bits per heavy atom. The third-order valence-electron chi connectivity index (χ3n) is 11.8. The van der Waals surface area contributed by atoms with E-state index in [4.69, 9.17) is 9.47 Å². The number of hydrogen-bond acceptors (Lipinski definition) is 3. The highest BCUT2D eigenvalue weighted by Gasteiger charge is 2.57. The topological polar surface area (TPSA) is 35.5 Å². The predicted molar refractivity (Wildman–Crippen MR) is 146 cm³/mol. The summed E-state index contributed by atoms with van der Waals surface area (Å²) in [6.07, 6.45) is 18.3. The average molecular weight is 497 g/mol. The van der Waals surface area contributed by atoms with Crippen molar-refractivity contribution in [3.8, 4) is 0 Å². The van der Waals surface area contributed by atoms with Gasteiger partial charge in [-0.3, -0.25) is 4.79 Å². The standard InChI is InChI=1S/C33H52O3/c1-21(2)23(4)30(34)19-22(3)27-12-13-28-26-11-10-24-20-25(36-31-9-7-8-18-35-31)14-16-32(24,5)29(26)15-17-33(27,28)6/h10-11,21-23,25,27-29,31H,7-9,12-20H2,1-6H3/t22?,23?,25-,27+,28-,29-,31?,32-,33+/m0/s1. The minimum atomic E-state index is 0.0200. The third-order valence-corrected chi connectivity index (χ3v) is 11.8. The molecule has 202 valence electrons. The number of fused-ring (bicyclic) bond motifs is 5. The van der Waals surface area contributed by atoms with Gasteiger partial charge < -0.3 is 9.47 Å². The summed E-state index contributed by atoms with van der Waals surface area (Å²) in [7, 11) is 0. The van der Waals surface area contributed by atoms with Gasteiger partial charge in [0, 0.05) is 18.9 Å². The zero-order valence-electron chi connectivity index (χ0n) is 24.0. The number of rotatable bonds is 7. The molecule has 1 aliphatic heterocycles. The molecule has 0 radical (unpaired) electrons. The lowest BCUT2D eigenvalue weighted by molar-refractivity contribution is -0.193. The molecule has 0 bridgehead atoms. The molecule has 0 spiro atoms. The van der Waals surface area contributed by atoms with E-state index in [1.54, 1.807) is 11.1 Å². The zero-order chi connectivity index (χ0) is 25.7. The number of ketones is 1. The number of carbonyl (C=O) groups is 1. The molecule has 3 nitrogen and oxygen atoms in total. The summed E-state index contributed by atoms with van der Waals surface area (Å²) < 4.78 is 12.3. The van der Waals surface area contributed by atoms with E-state index < -0.39 is 0 Å². The summed E-state index contributed by atoms with van der Waals surface area (Å²) in [6, 6.07) is 0. The van der Waals surface area contributed by atoms with Gasteiger partial charge >= 0.3 is 0 Å². The van der Waals surface area contributed by atoms with Crippen LogP contribution in [0.4, 0.5) is 0 Å². The quantitative estimate of drug-likeness (QED) is 0.356. The van der Waals surface area contributed by atoms with Crippen molar-refractivity contribution in [2.75, 3.05) is 6.61 Å². The molecule has 5 aliphatic rings. The second kappa shape index (κ2) is 10.3. The molecular formula is C33H52O3. The van der Waals surface area contributed by atoms with E-state index in [1.165, 1.54) is 44.9 Å². The van der Waals surface area contributed by atoms with E-state index in [0.29, 0.717) is 52.3 Å². The Morgan fingerprint density at radius 3 is 2.53 bits per heavy atom. The van der Waals surface area contributed by atoms with Crippen LogP contribution in [0.3, 0.4) is 0 Å². The lowest BCUT2D eigenvalue weighted by Crippen LogP contribution is -2.47. The van der Waals surface area contributed by atoms with Gasteiger partial charge in [0.05, 0.1) is 6.10 Å². The molecule has 9 atom stereocenters. The smallest absolute Gasteiger partial charge is 0.157 e. The van der Waals surface area contributed by atoms with Crippen molar-refractivity contribution >= 4 is 5.78 Å². The maximum absolute atomic E-state index is 13.0. The van der Waals surface area contributed by atoms with Gasteiger partial charge in [0.1, 0.15) is 5.78 Å². The van der Waals surface area contributed by atoms with Gasteiger partial charge in [0.2, 0.25) is 0 Å². The molecule has 1 saturated heterocycles. The molecule has 0 aromatic heterocycles. The normalized spacial score (nSPS) is 42.0. The van der Waals surface area contributed by atoms with Crippen LogP contribution in [-0.4, -0.2) is 24.8 Å². The van der Waals surface area contributed by atoms with E-state index in [0.717, 1.165) is 32.3 Å². The van der Waals surface area contributed by atoms with Gasteiger partial charge in [0.15, 0.2) is 6.29 Å². The van der Waals surface area contributed by atoms with E-state index in [9.17, 15) is 4.79 Å². The highest BCUT2D eigenvalue weighted by Crippen LogP contribution is 2.66. The molecule has 1 heterocycles. The average Bonchev–Trinajstić information content (AvgIpc) is 3.21. The molecule has 0 amide bonds. The first kappa shape index (κ1) is 26.7. The lowest BCUT2D eigenvalue weighted by Gasteiger charge is -2.55. The second-order valence-electron chi connectivity index (χ2n) is 14.1. The van der Waals surface area contributed by atoms with E-state index in [-0.39, 0.29) is 12.2 Å². The molecule has 36 heavy (non-hydrogen) atoms. The molecule has 5 rings (SSSR count). The first-order valence-electron chi connectivity index (χ1n) is 15.3. The summed E-state index contributed by atoms with van der Waals surface area (Å²) in [5.74, 6) is 3.65. The molecule has 3 saturated carbocycles. The Morgan fingerprint density at radius 1 is 1.00 bits per heavy atom. The van der Waals surface area contributed by atoms with E-state index >= 15 is 0 Å². The number of allylic oxidation sites excluding steroid dienone is 3. The van der Waals surface area contributed by atoms with Crippen LogP contribution in [0.2, 0.25) is 0 Å². The summed E-state index contributed by atoms with van der Waals surface area (Å²) >= 11 is 0. The zero-order valence-corrected chi connectivity index (χ0v) is 24.0. The maximum atomic E-state index is 13.0. The monoisotopic (exact) mass is 496 g/mol. The van der Waals surface area contributed by atoms with Crippen molar-refractivity contribution in [1.29, 1.82) is 0 Å². The number of ether oxygens (including phenoxy) is 2. The first-order chi connectivity index (χ1) is 17.1. The number of carbonyl (C=O) groups excluding carboxylic acids is 1. The molecule has 4 fully saturated rings. The minimum absolute atomic E-state index is 0.0200. The lowest BCUT2D eigenvalue weighted by atomic mass is 9.50. The molecule has 4 aliphatic carbocycles. The first-order valence-corrected chi connectivity index (χ1v) is 15.3. The van der Waals surface area contributed by atoms with Gasteiger partial charge in [-0.15, -0.1) is 0 Å². The predicted octanol–water partition coefficient (Wildman–Crippen LogP) is 8.28. The maximum Gasteiger partial charge on any atom is 0.157 e. The molecule has 0 aromatic carbocycles. The SMILES string of the molecule is CC(C)C(C)C(=O)CC(C)[C@H]1CC[C@H]2C3=CC=C4C[C@@H](OC5CCCCO5)CC[C@]4(C)[C@H]3CC[C@]12C. The van der Waals surface area contributed by atoms with Gasteiger partial charge in [-0.1, -0.05) is 64.8 Å².